The third-order valence-electron chi connectivity index (χ3n) is 5.78. The number of benzene rings is 2. The first-order chi connectivity index (χ1) is 15.5. The number of imide groups is 1. The Hall–Kier alpha value is -3.88. The lowest BCUT2D eigenvalue weighted by Gasteiger charge is -2.14. The number of amides is 3. The molecule has 1 aromatic heterocycles. The number of aromatic nitrogens is 3. The molecular formula is C23H20FN5O3. The van der Waals surface area contributed by atoms with E-state index in [0.717, 1.165) is 36.4 Å². The molecule has 3 heterocycles. The SMILES string of the molecule is O=C(CN1C(=O)c2ccccc2C1=O)Nc1ccc(F)c(-c2nnc3n2CCCCC3)c1. The maximum absolute atomic E-state index is 14.6. The first-order valence-corrected chi connectivity index (χ1v) is 10.5. The Balaban J connectivity index is 1.35. The van der Waals surface area contributed by atoms with Gasteiger partial charge in [-0.2, -0.15) is 0 Å². The van der Waals surface area contributed by atoms with Crippen LogP contribution in [0.2, 0.25) is 0 Å². The molecule has 0 fully saturated rings. The van der Waals surface area contributed by atoms with E-state index in [1.807, 2.05) is 4.57 Å². The lowest BCUT2D eigenvalue weighted by Crippen LogP contribution is -2.37. The van der Waals surface area contributed by atoms with E-state index in [9.17, 15) is 18.8 Å². The van der Waals surface area contributed by atoms with Crippen molar-refractivity contribution in [3.05, 3.63) is 65.2 Å². The number of fused-ring (bicyclic) bond motifs is 2. The molecule has 0 saturated heterocycles. The molecule has 0 unspecified atom stereocenters. The largest absolute Gasteiger partial charge is 0.325 e. The van der Waals surface area contributed by atoms with Gasteiger partial charge in [0.05, 0.1) is 16.7 Å². The van der Waals surface area contributed by atoms with Gasteiger partial charge in [-0.1, -0.05) is 18.6 Å². The first kappa shape index (κ1) is 20.0. The van der Waals surface area contributed by atoms with Crippen molar-refractivity contribution in [3.8, 4) is 11.4 Å². The molecule has 0 saturated carbocycles. The predicted octanol–water partition coefficient (Wildman–Crippen LogP) is 3.05. The van der Waals surface area contributed by atoms with Gasteiger partial charge in [0.2, 0.25) is 5.91 Å². The van der Waals surface area contributed by atoms with Crippen molar-refractivity contribution in [2.24, 2.45) is 0 Å². The van der Waals surface area contributed by atoms with Gasteiger partial charge in [0.15, 0.2) is 5.82 Å². The predicted molar refractivity (Wildman–Crippen MR) is 113 cm³/mol. The number of hydrogen-bond donors (Lipinski definition) is 1. The summed E-state index contributed by atoms with van der Waals surface area (Å²) in [5.74, 6) is -0.786. The summed E-state index contributed by atoms with van der Waals surface area (Å²) in [6.07, 6.45) is 3.87. The van der Waals surface area contributed by atoms with Gasteiger partial charge in [0, 0.05) is 18.7 Å². The van der Waals surface area contributed by atoms with Crippen LogP contribution < -0.4 is 5.32 Å². The fourth-order valence-corrected chi connectivity index (χ4v) is 4.19. The number of halogens is 1. The molecule has 8 nitrogen and oxygen atoms in total. The quantitative estimate of drug-likeness (QED) is 0.638. The van der Waals surface area contributed by atoms with Gasteiger partial charge in [-0.05, 0) is 43.2 Å². The number of carbonyl (C=O) groups is 3. The maximum Gasteiger partial charge on any atom is 0.262 e. The number of rotatable bonds is 4. The van der Waals surface area contributed by atoms with Crippen LogP contribution in [0, 0.1) is 5.82 Å². The van der Waals surface area contributed by atoms with E-state index in [-0.39, 0.29) is 16.7 Å². The fraction of sp³-hybridized carbons (Fsp3) is 0.261. The van der Waals surface area contributed by atoms with Crippen LogP contribution in [0.25, 0.3) is 11.4 Å². The van der Waals surface area contributed by atoms with Gasteiger partial charge in [-0.3, -0.25) is 19.3 Å². The van der Waals surface area contributed by atoms with Crippen molar-refractivity contribution >= 4 is 23.4 Å². The fourth-order valence-electron chi connectivity index (χ4n) is 4.19. The van der Waals surface area contributed by atoms with Crippen molar-refractivity contribution in [3.63, 3.8) is 0 Å². The molecule has 0 aliphatic carbocycles. The number of hydrogen-bond acceptors (Lipinski definition) is 5. The average Bonchev–Trinajstić information content (AvgIpc) is 3.18. The average molecular weight is 433 g/mol. The zero-order valence-corrected chi connectivity index (χ0v) is 17.2. The summed E-state index contributed by atoms with van der Waals surface area (Å²) in [5, 5.41) is 11.0. The molecule has 32 heavy (non-hydrogen) atoms. The molecule has 3 amide bonds. The van der Waals surface area contributed by atoms with E-state index in [2.05, 4.69) is 15.5 Å². The zero-order valence-electron chi connectivity index (χ0n) is 17.2. The molecule has 0 atom stereocenters. The smallest absolute Gasteiger partial charge is 0.262 e. The van der Waals surface area contributed by atoms with Crippen LogP contribution in [-0.2, 0) is 17.8 Å². The van der Waals surface area contributed by atoms with Crippen LogP contribution >= 0.6 is 0 Å². The number of carbonyl (C=O) groups excluding carboxylic acids is 3. The summed E-state index contributed by atoms with van der Waals surface area (Å²) in [5.41, 5.74) is 1.14. The van der Waals surface area contributed by atoms with E-state index in [0.29, 0.717) is 18.1 Å². The van der Waals surface area contributed by atoms with E-state index in [1.165, 1.54) is 18.2 Å². The van der Waals surface area contributed by atoms with Crippen molar-refractivity contribution in [1.82, 2.24) is 19.7 Å². The van der Waals surface area contributed by atoms with E-state index in [4.69, 9.17) is 0 Å². The Kier molecular flexibility index (Phi) is 5.01. The molecule has 2 aliphatic heterocycles. The molecule has 3 aromatic rings. The monoisotopic (exact) mass is 433 g/mol. The minimum absolute atomic E-state index is 0.240. The number of nitrogens with zero attached hydrogens (tertiary/aromatic N) is 4. The zero-order chi connectivity index (χ0) is 22.2. The van der Waals surface area contributed by atoms with Crippen LogP contribution in [0.4, 0.5) is 10.1 Å². The summed E-state index contributed by atoms with van der Waals surface area (Å²) >= 11 is 0. The van der Waals surface area contributed by atoms with Crippen molar-refractivity contribution < 1.29 is 18.8 Å². The van der Waals surface area contributed by atoms with Crippen molar-refractivity contribution in [2.75, 3.05) is 11.9 Å². The van der Waals surface area contributed by atoms with E-state index >= 15 is 0 Å². The van der Waals surface area contributed by atoms with Gasteiger partial charge in [-0.15, -0.1) is 10.2 Å². The Morgan fingerprint density at radius 2 is 1.72 bits per heavy atom. The summed E-state index contributed by atoms with van der Waals surface area (Å²) in [7, 11) is 0. The van der Waals surface area contributed by atoms with Gasteiger partial charge < -0.3 is 9.88 Å². The molecular weight excluding hydrogens is 413 g/mol. The third-order valence-corrected chi connectivity index (χ3v) is 5.78. The van der Waals surface area contributed by atoms with Crippen molar-refractivity contribution in [1.29, 1.82) is 0 Å². The Morgan fingerprint density at radius 3 is 2.47 bits per heavy atom. The maximum atomic E-state index is 14.6. The van der Waals surface area contributed by atoms with Crippen LogP contribution in [0.3, 0.4) is 0 Å². The normalized spacial score (nSPS) is 15.3. The first-order valence-electron chi connectivity index (χ1n) is 10.5. The summed E-state index contributed by atoms with van der Waals surface area (Å²) in [6, 6.07) is 10.6. The highest BCUT2D eigenvalue weighted by atomic mass is 19.1. The molecule has 5 rings (SSSR count). The second kappa shape index (κ2) is 7.99. The minimum atomic E-state index is -0.558. The molecule has 9 heteroatoms. The Labute approximate surface area is 183 Å². The highest BCUT2D eigenvalue weighted by Gasteiger charge is 2.36. The highest BCUT2D eigenvalue weighted by molar-refractivity contribution is 6.22. The minimum Gasteiger partial charge on any atom is -0.325 e. The second-order valence-corrected chi connectivity index (χ2v) is 7.89. The number of anilines is 1. The van der Waals surface area contributed by atoms with Crippen molar-refractivity contribution in [2.45, 2.75) is 32.2 Å². The molecule has 0 radical (unpaired) electrons. The van der Waals surface area contributed by atoms with E-state index < -0.39 is 30.1 Å². The third kappa shape index (κ3) is 3.45. The Morgan fingerprint density at radius 1 is 0.969 bits per heavy atom. The molecule has 0 spiro atoms. The van der Waals surface area contributed by atoms with Crippen LogP contribution in [0.15, 0.2) is 42.5 Å². The summed E-state index contributed by atoms with van der Waals surface area (Å²) < 4.78 is 16.6. The van der Waals surface area contributed by atoms with Crippen LogP contribution in [-0.4, -0.2) is 43.9 Å². The van der Waals surface area contributed by atoms with Gasteiger partial charge in [0.25, 0.3) is 11.8 Å². The number of aryl methyl sites for hydroxylation is 1. The standard InChI is InChI=1S/C23H20FN5O3/c24-18-10-9-14(12-17(18)21-27-26-19-8-2-1-5-11-28(19)21)25-20(30)13-29-22(31)15-6-3-4-7-16(15)23(29)32/h3-4,6-7,9-10,12H,1-2,5,8,11,13H2,(H,25,30). The molecule has 1 N–H and O–H groups in total. The number of nitrogens with one attached hydrogen (secondary N) is 1. The Bertz CT molecular complexity index is 1220. The summed E-state index contributed by atoms with van der Waals surface area (Å²) in [6.45, 7) is 0.285. The van der Waals surface area contributed by atoms with Gasteiger partial charge in [0.1, 0.15) is 18.2 Å². The molecule has 162 valence electrons. The van der Waals surface area contributed by atoms with Crippen LogP contribution in [0.5, 0.6) is 0 Å². The molecule has 2 aromatic carbocycles. The topological polar surface area (TPSA) is 97.2 Å². The van der Waals surface area contributed by atoms with Gasteiger partial charge in [-0.25, -0.2) is 4.39 Å². The highest BCUT2D eigenvalue weighted by Crippen LogP contribution is 2.28. The van der Waals surface area contributed by atoms with E-state index in [1.54, 1.807) is 24.3 Å². The summed E-state index contributed by atoms with van der Waals surface area (Å²) in [4.78, 5) is 38.4. The second-order valence-electron chi connectivity index (χ2n) is 7.89. The lowest BCUT2D eigenvalue weighted by molar-refractivity contribution is -0.116. The molecule has 2 aliphatic rings. The molecule has 0 bridgehead atoms. The lowest BCUT2D eigenvalue weighted by atomic mass is 10.1. The van der Waals surface area contributed by atoms with Gasteiger partial charge >= 0.3 is 0 Å². The van der Waals surface area contributed by atoms with Crippen LogP contribution in [0.1, 0.15) is 45.8 Å².